The van der Waals surface area contributed by atoms with E-state index < -0.39 is 6.10 Å². The van der Waals surface area contributed by atoms with Crippen molar-refractivity contribution in [2.24, 2.45) is 0 Å². The van der Waals surface area contributed by atoms with E-state index in [0.717, 1.165) is 14.7 Å². The first-order chi connectivity index (χ1) is 8.08. The normalized spacial score (nSPS) is 12.5. The number of aryl methyl sites for hydroxylation is 2. The molecule has 0 aliphatic rings. The van der Waals surface area contributed by atoms with Crippen LogP contribution in [-0.2, 0) is 0 Å². The summed E-state index contributed by atoms with van der Waals surface area (Å²) in [5.74, 6) is 0. The highest BCUT2D eigenvalue weighted by Gasteiger charge is 2.13. The van der Waals surface area contributed by atoms with Crippen molar-refractivity contribution in [3.05, 3.63) is 68.3 Å². The number of aliphatic hydroxyl groups is 1. The molecule has 17 heavy (non-hydrogen) atoms. The molecule has 0 bridgehead atoms. The summed E-state index contributed by atoms with van der Waals surface area (Å²) >= 11 is 2.26. The van der Waals surface area contributed by atoms with E-state index in [9.17, 15) is 5.11 Å². The maximum absolute atomic E-state index is 10.4. The van der Waals surface area contributed by atoms with Crippen LogP contribution >= 0.6 is 22.6 Å². The molecule has 1 N–H and O–H groups in total. The first-order valence-corrected chi connectivity index (χ1v) is 6.66. The molecular weight excluding hydrogens is 323 g/mol. The van der Waals surface area contributed by atoms with E-state index in [4.69, 9.17) is 0 Å². The minimum atomic E-state index is -0.540. The number of halogens is 1. The Morgan fingerprint density at radius 1 is 1.00 bits per heavy atom. The van der Waals surface area contributed by atoms with Crippen molar-refractivity contribution in [2.45, 2.75) is 20.0 Å². The lowest BCUT2D eigenvalue weighted by molar-refractivity contribution is 0.219. The topological polar surface area (TPSA) is 20.2 Å². The fraction of sp³-hybridized carbons (Fsp3) is 0.200. The Labute approximate surface area is 116 Å². The quantitative estimate of drug-likeness (QED) is 0.821. The lowest BCUT2D eigenvalue weighted by atomic mass is 9.98. The number of hydrogen-bond donors (Lipinski definition) is 1. The van der Waals surface area contributed by atoms with Crippen molar-refractivity contribution in [3.8, 4) is 0 Å². The lowest BCUT2D eigenvalue weighted by Gasteiger charge is -2.14. The molecule has 2 aromatic carbocycles. The first-order valence-electron chi connectivity index (χ1n) is 5.58. The van der Waals surface area contributed by atoms with Crippen LogP contribution in [0, 0.1) is 17.4 Å². The van der Waals surface area contributed by atoms with Crippen molar-refractivity contribution in [3.63, 3.8) is 0 Å². The average Bonchev–Trinajstić information content (AvgIpc) is 2.27. The molecule has 0 aliphatic carbocycles. The highest BCUT2D eigenvalue weighted by atomic mass is 127. The highest BCUT2D eigenvalue weighted by molar-refractivity contribution is 14.1. The van der Waals surface area contributed by atoms with E-state index in [-0.39, 0.29) is 0 Å². The predicted molar refractivity (Wildman–Crippen MR) is 79.1 cm³/mol. The third-order valence-corrected chi connectivity index (χ3v) is 3.74. The molecule has 88 valence electrons. The Bertz CT molecular complexity index is 514. The van der Waals surface area contributed by atoms with Gasteiger partial charge >= 0.3 is 0 Å². The molecule has 0 saturated carbocycles. The van der Waals surface area contributed by atoms with Gasteiger partial charge in [-0.2, -0.15) is 0 Å². The molecule has 2 heteroatoms. The Morgan fingerprint density at radius 3 is 2.18 bits per heavy atom. The SMILES string of the molecule is Cc1cc(C)cc(C(O)c2ccccc2I)c1. The summed E-state index contributed by atoms with van der Waals surface area (Å²) in [6, 6.07) is 14.1. The van der Waals surface area contributed by atoms with E-state index >= 15 is 0 Å². The van der Waals surface area contributed by atoms with Crippen LogP contribution in [0.2, 0.25) is 0 Å². The average molecular weight is 338 g/mol. The van der Waals surface area contributed by atoms with Gasteiger partial charge in [-0.15, -0.1) is 0 Å². The molecule has 1 unspecified atom stereocenters. The second-order valence-corrected chi connectivity index (χ2v) is 5.51. The number of benzene rings is 2. The fourth-order valence-electron chi connectivity index (χ4n) is 2.04. The summed E-state index contributed by atoms with van der Waals surface area (Å²) in [5, 5.41) is 10.4. The lowest BCUT2D eigenvalue weighted by Crippen LogP contribution is -2.02. The summed E-state index contributed by atoms with van der Waals surface area (Å²) in [7, 11) is 0. The summed E-state index contributed by atoms with van der Waals surface area (Å²) in [6.07, 6.45) is -0.540. The Balaban J connectivity index is 2.43. The van der Waals surface area contributed by atoms with Crippen LogP contribution in [0.15, 0.2) is 42.5 Å². The monoisotopic (exact) mass is 338 g/mol. The van der Waals surface area contributed by atoms with Gasteiger partial charge in [-0.25, -0.2) is 0 Å². The third kappa shape index (κ3) is 2.87. The van der Waals surface area contributed by atoms with Crippen LogP contribution in [0.4, 0.5) is 0 Å². The van der Waals surface area contributed by atoms with Crippen LogP contribution in [0.1, 0.15) is 28.4 Å². The Hall–Kier alpha value is -0.870. The second kappa shape index (κ2) is 5.19. The molecule has 0 radical (unpaired) electrons. The zero-order valence-corrected chi connectivity index (χ0v) is 12.1. The molecule has 0 amide bonds. The number of aliphatic hydroxyl groups excluding tert-OH is 1. The largest absolute Gasteiger partial charge is 0.384 e. The van der Waals surface area contributed by atoms with Gasteiger partial charge in [-0.1, -0.05) is 47.5 Å². The van der Waals surface area contributed by atoms with Crippen molar-refractivity contribution >= 4 is 22.6 Å². The highest BCUT2D eigenvalue weighted by Crippen LogP contribution is 2.27. The van der Waals surface area contributed by atoms with E-state index in [2.05, 4.69) is 42.5 Å². The van der Waals surface area contributed by atoms with E-state index in [1.807, 2.05) is 36.4 Å². The summed E-state index contributed by atoms with van der Waals surface area (Å²) in [6.45, 7) is 4.11. The third-order valence-electron chi connectivity index (χ3n) is 2.76. The maximum atomic E-state index is 10.4. The van der Waals surface area contributed by atoms with Gasteiger partial charge in [-0.3, -0.25) is 0 Å². The molecule has 1 atom stereocenters. The van der Waals surface area contributed by atoms with Crippen molar-refractivity contribution < 1.29 is 5.11 Å². The summed E-state index contributed by atoms with van der Waals surface area (Å²) in [5.41, 5.74) is 4.31. The predicted octanol–water partition coefficient (Wildman–Crippen LogP) is 3.99. The number of rotatable bonds is 2. The van der Waals surface area contributed by atoms with Gasteiger partial charge in [-0.05, 0) is 53.6 Å². The van der Waals surface area contributed by atoms with E-state index in [1.165, 1.54) is 11.1 Å². The fourth-order valence-corrected chi connectivity index (χ4v) is 2.73. The first kappa shape index (κ1) is 12.6. The number of hydrogen-bond acceptors (Lipinski definition) is 1. The Kier molecular flexibility index (Phi) is 3.84. The molecule has 2 rings (SSSR count). The summed E-state index contributed by atoms with van der Waals surface area (Å²) < 4.78 is 1.09. The molecule has 0 saturated heterocycles. The molecule has 0 fully saturated rings. The van der Waals surface area contributed by atoms with Gasteiger partial charge in [0.2, 0.25) is 0 Å². The zero-order valence-electron chi connectivity index (χ0n) is 9.94. The molecule has 0 heterocycles. The van der Waals surface area contributed by atoms with Crippen LogP contribution in [0.25, 0.3) is 0 Å². The van der Waals surface area contributed by atoms with Gasteiger partial charge in [0, 0.05) is 3.57 Å². The minimum Gasteiger partial charge on any atom is -0.384 e. The van der Waals surface area contributed by atoms with Gasteiger partial charge in [0.1, 0.15) is 6.10 Å². The molecular formula is C15H15IO. The molecule has 0 spiro atoms. The van der Waals surface area contributed by atoms with Gasteiger partial charge in [0.15, 0.2) is 0 Å². The smallest absolute Gasteiger partial charge is 0.105 e. The van der Waals surface area contributed by atoms with Crippen molar-refractivity contribution in [1.29, 1.82) is 0 Å². The van der Waals surface area contributed by atoms with Crippen LogP contribution in [0.3, 0.4) is 0 Å². The van der Waals surface area contributed by atoms with E-state index in [0.29, 0.717) is 0 Å². The molecule has 2 aromatic rings. The van der Waals surface area contributed by atoms with Gasteiger partial charge in [0.05, 0.1) is 0 Å². The van der Waals surface area contributed by atoms with Crippen molar-refractivity contribution in [1.82, 2.24) is 0 Å². The molecule has 0 aliphatic heterocycles. The van der Waals surface area contributed by atoms with Crippen LogP contribution in [-0.4, -0.2) is 5.11 Å². The van der Waals surface area contributed by atoms with Gasteiger partial charge < -0.3 is 5.11 Å². The summed E-state index contributed by atoms with van der Waals surface area (Å²) in [4.78, 5) is 0. The zero-order chi connectivity index (χ0) is 12.4. The maximum Gasteiger partial charge on any atom is 0.105 e. The van der Waals surface area contributed by atoms with Crippen LogP contribution < -0.4 is 0 Å². The minimum absolute atomic E-state index is 0.540. The standard InChI is InChI=1S/C15H15IO/c1-10-7-11(2)9-12(8-10)15(17)13-5-3-4-6-14(13)16/h3-9,15,17H,1-2H3. The molecule has 0 aromatic heterocycles. The Morgan fingerprint density at radius 2 is 1.59 bits per heavy atom. The second-order valence-electron chi connectivity index (χ2n) is 4.35. The van der Waals surface area contributed by atoms with Crippen molar-refractivity contribution in [2.75, 3.05) is 0 Å². The van der Waals surface area contributed by atoms with E-state index in [1.54, 1.807) is 0 Å². The molecule has 1 nitrogen and oxygen atoms in total. The van der Waals surface area contributed by atoms with Crippen LogP contribution in [0.5, 0.6) is 0 Å². The van der Waals surface area contributed by atoms with Gasteiger partial charge in [0.25, 0.3) is 0 Å².